The normalized spacial score (nSPS) is 24.6. The lowest BCUT2D eigenvalue weighted by Crippen LogP contribution is -2.44. The van der Waals surface area contributed by atoms with E-state index in [9.17, 15) is 5.11 Å². The lowest BCUT2D eigenvalue weighted by Gasteiger charge is -2.37. The van der Waals surface area contributed by atoms with Gasteiger partial charge in [0, 0.05) is 10.4 Å². The summed E-state index contributed by atoms with van der Waals surface area (Å²) in [6.07, 6.45) is 6.79. The highest BCUT2D eigenvalue weighted by atomic mass is 35.5. The van der Waals surface area contributed by atoms with Crippen LogP contribution in [0, 0.1) is 5.41 Å². The number of benzene rings is 1. The van der Waals surface area contributed by atoms with Crippen LogP contribution in [0.25, 0.3) is 6.08 Å². The van der Waals surface area contributed by atoms with Crippen LogP contribution >= 0.6 is 11.6 Å². The molecule has 3 rings (SSSR count). The maximum Gasteiger partial charge on any atom is 0.193 e. The van der Waals surface area contributed by atoms with Crippen LogP contribution in [0.15, 0.2) is 42.5 Å². The molecule has 2 aromatic rings. The largest absolute Gasteiger partial charge is 0.362 e. The van der Waals surface area contributed by atoms with Gasteiger partial charge in [-0.1, -0.05) is 43.7 Å². The Morgan fingerprint density at radius 2 is 2.08 bits per heavy atom. The van der Waals surface area contributed by atoms with E-state index in [4.69, 9.17) is 16.3 Å². The highest BCUT2D eigenvalue weighted by Gasteiger charge is 2.52. The Kier molecular flexibility index (Phi) is 4.76. The fourth-order valence-electron chi connectivity index (χ4n) is 3.07. The number of aromatic nitrogens is 3. The van der Waals surface area contributed by atoms with E-state index in [0.717, 1.165) is 24.0 Å². The molecule has 0 spiro atoms. The summed E-state index contributed by atoms with van der Waals surface area (Å²) < 4.78 is 7.65. The van der Waals surface area contributed by atoms with Gasteiger partial charge in [-0.15, -0.1) is 0 Å². The van der Waals surface area contributed by atoms with Crippen molar-refractivity contribution in [2.45, 2.75) is 39.0 Å². The van der Waals surface area contributed by atoms with Crippen LogP contribution in [0.2, 0.25) is 5.02 Å². The highest BCUT2D eigenvalue weighted by molar-refractivity contribution is 6.30. The molecule has 5 nitrogen and oxygen atoms in total. The third-order valence-electron chi connectivity index (χ3n) is 4.68. The molecule has 128 valence electrons. The average molecular weight is 348 g/mol. The maximum absolute atomic E-state index is 11.3. The van der Waals surface area contributed by atoms with Crippen molar-refractivity contribution in [2.24, 2.45) is 5.41 Å². The molecule has 0 aliphatic heterocycles. The van der Waals surface area contributed by atoms with Gasteiger partial charge in [-0.3, -0.25) is 4.68 Å². The van der Waals surface area contributed by atoms with Gasteiger partial charge in [0.25, 0.3) is 0 Å². The molecular weight excluding hydrogens is 326 g/mol. The van der Waals surface area contributed by atoms with Gasteiger partial charge in [-0.05, 0) is 36.1 Å². The van der Waals surface area contributed by atoms with E-state index in [1.165, 1.54) is 6.33 Å². The monoisotopic (exact) mass is 347 g/mol. The predicted molar refractivity (Wildman–Crippen MR) is 93.4 cm³/mol. The Labute approximate surface area is 146 Å². The molecule has 1 N–H and O–H groups in total. The fourth-order valence-corrected chi connectivity index (χ4v) is 3.20. The van der Waals surface area contributed by atoms with Gasteiger partial charge < -0.3 is 9.84 Å². The molecule has 1 fully saturated rings. The summed E-state index contributed by atoms with van der Waals surface area (Å²) in [4.78, 5) is 3.91. The number of hydrogen-bond acceptors (Lipinski definition) is 4. The molecule has 1 heterocycles. The predicted octanol–water partition coefficient (Wildman–Crippen LogP) is 3.54. The number of rotatable bonds is 5. The highest BCUT2D eigenvalue weighted by Crippen LogP contribution is 2.50. The van der Waals surface area contributed by atoms with E-state index in [1.54, 1.807) is 11.0 Å². The number of aliphatic hydroxyl groups is 1. The molecule has 1 unspecified atom stereocenters. The Bertz CT molecular complexity index is 710. The number of ether oxygens (including phenoxy) is 1. The van der Waals surface area contributed by atoms with Crippen molar-refractivity contribution in [3.8, 4) is 0 Å². The Hall–Kier alpha value is -1.69. The van der Waals surface area contributed by atoms with E-state index in [0.29, 0.717) is 18.2 Å². The van der Waals surface area contributed by atoms with Gasteiger partial charge in [0.1, 0.15) is 12.7 Å². The summed E-state index contributed by atoms with van der Waals surface area (Å²) in [5, 5.41) is 16.0. The lowest BCUT2D eigenvalue weighted by molar-refractivity contribution is -0.227. The number of hydrogen-bond donors (Lipinski definition) is 1. The molecule has 24 heavy (non-hydrogen) atoms. The van der Waals surface area contributed by atoms with Crippen molar-refractivity contribution < 1.29 is 9.84 Å². The summed E-state index contributed by atoms with van der Waals surface area (Å²) >= 11 is 5.94. The molecule has 1 aliphatic rings. The number of nitrogens with zero attached hydrogens (tertiary/aromatic N) is 3. The van der Waals surface area contributed by atoms with Crippen LogP contribution in [-0.2, 0) is 11.3 Å². The average Bonchev–Trinajstić information content (AvgIpc) is 3.12. The molecule has 0 saturated heterocycles. The van der Waals surface area contributed by atoms with Crippen molar-refractivity contribution in [1.82, 2.24) is 14.8 Å². The van der Waals surface area contributed by atoms with Gasteiger partial charge >= 0.3 is 0 Å². The van der Waals surface area contributed by atoms with Gasteiger partial charge in [0.15, 0.2) is 5.79 Å². The fraction of sp³-hybridized carbons (Fsp3) is 0.444. The Morgan fingerprint density at radius 1 is 1.33 bits per heavy atom. The zero-order chi connectivity index (χ0) is 17.2. The molecule has 1 aromatic heterocycles. The summed E-state index contributed by atoms with van der Waals surface area (Å²) in [5.41, 5.74) is 1.55. The van der Waals surface area contributed by atoms with E-state index < -0.39 is 5.79 Å². The van der Waals surface area contributed by atoms with Gasteiger partial charge in [-0.25, -0.2) is 4.98 Å². The molecule has 0 bridgehead atoms. The van der Waals surface area contributed by atoms with Crippen LogP contribution in [0.4, 0.5) is 0 Å². The van der Waals surface area contributed by atoms with Crippen LogP contribution in [-0.4, -0.2) is 32.3 Å². The molecule has 0 radical (unpaired) electrons. The van der Waals surface area contributed by atoms with E-state index >= 15 is 0 Å². The first kappa shape index (κ1) is 17.1. The van der Waals surface area contributed by atoms with E-state index in [-0.39, 0.29) is 5.41 Å². The minimum absolute atomic E-state index is 0.354. The Balaban J connectivity index is 1.78. The van der Waals surface area contributed by atoms with Crippen LogP contribution in [0.3, 0.4) is 0 Å². The van der Waals surface area contributed by atoms with Crippen molar-refractivity contribution >= 4 is 17.7 Å². The topological polar surface area (TPSA) is 60.2 Å². The summed E-state index contributed by atoms with van der Waals surface area (Å²) in [6, 6.07) is 7.57. The van der Waals surface area contributed by atoms with E-state index in [2.05, 4.69) is 10.1 Å². The first-order valence-corrected chi connectivity index (χ1v) is 8.44. The summed E-state index contributed by atoms with van der Waals surface area (Å²) in [7, 11) is 0. The standard InChI is InChI=1S/C18H22ClN3O2/c1-17(2)8-7-15(11-14-3-5-16(19)6-4-14)18(17,23)24-10-9-22-13-20-12-21-22/h3-6,11-13,23H,7-10H2,1-2H3. The zero-order valence-corrected chi connectivity index (χ0v) is 14.7. The molecular formula is C18H22ClN3O2. The summed E-state index contributed by atoms with van der Waals surface area (Å²) in [6.45, 7) is 4.98. The molecule has 1 aromatic carbocycles. The second kappa shape index (κ2) is 6.67. The van der Waals surface area contributed by atoms with Gasteiger partial charge in [0.05, 0.1) is 13.2 Å². The van der Waals surface area contributed by atoms with Crippen molar-refractivity contribution in [3.63, 3.8) is 0 Å². The second-order valence-corrected chi connectivity index (χ2v) is 7.19. The zero-order valence-electron chi connectivity index (χ0n) is 13.9. The smallest absolute Gasteiger partial charge is 0.193 e. The van der Waals surface area contributed by atoms with E-state index in [1.807, 2.05) is 44.2 Å². The molecule has 1 aliphatic carbocycles. The van der Waals surface area contributed by atoms with Crippen molar-refractivity contribution in [2.75, 3.05) is 6.61 Å². The Morgan fingerprint density at radius 3 is 2.75 bits per heavy atom. The van der Waals surface area contributed by atoms with Gasteiger partial charge in [0.2, 0.25) is 0 Å². The molecule has 1 atom stereocenters. The first-order chi connectivity index (χ1) is 11.4. The molecule has 6 heteroatoms. The van der Waals surface area contributed by atoms with Crippen molar-refractivity contribution in [1.29, 1.82) is 0 Å². The molecule has 0 amide bonds. The maximum atomic E-state index is 11.3. The minimum Gasteiger partial charge on any atom is -0.362 e. The van der Waals surface area contributed by atoms with Gasteiger partial charge in [-0.2, -0.15) is 5.10 Å². The first-order valence-electron chi connectivity index (χ1n) is 8.06. The molecule has 1 saturated carbocycles. The van der Waals surface area contributed by atoms with Crippen LogP contribution < -0.4 is 0 Å². The SMILES string of the molecule is CC1(C)CCC(=Cc2ccc(Cl)cc2)C1(O)OCCn1cncn1. The second-order valence-electron chi connectivity index (χ2n) is 6.76. The number of halogens is 1. The summed E-state index contributed by atoms with van der Waals surface area (Å²) in [5.74, 6) is -1.28. The van der Waals surface area contributed by atoms with Crippen LogP contribution in [0.5, 0.6) is 0 Å². The minimum atomic E-state index is -1.28. The van der Waals surface area contributed by atoms with Crippen LogP contribution in [0.1, 0.15) is 32.3 Å². The third-order valence-corrected chi connectivity index (χ3v) is 4.93. The third kappa shape index (κ3) is 3.38. The quantitative estimate of drug-likeness (QED) is 0.840. The van der Waals surface area contributed by atoms with Crippen molar-refractivity contribution in [3.05, 3.63) is 53.1 Å². The lowest BCUT2D eigenvalue weighted by atomic mass is 9.84.